The van der Waals surface area contributed by atoms with Crippen LogP contribution in [0.1, 0.15) is 33.6 Å². The standard InChI is InChI=1S/C14H23N3/c1-4-16-12-8-13(10-15-9-12)17-7-5-6-14(17)11(2)3/h8-11,14,16H,4-7H2,1-3H3. The van der Waals surface area contributed by atoms with E-state index in [2.05, 4.69) is 42.0 Å². The second-order valence-electron chi connectivity index (χ2n) is 5.11. The predicted octanol–water partition coefficient (Wildman–Crippen LogP) is 3.14. The van der Waals surface area contributed by atoms with Crippen LogP contribution >= 0.6 is 0 Å². The summed E-state index contributed by atoms with van der Waals surface area (Å²) in [5, 5.41) is 3.33. The van der Waals surface area contributed by atoms with E-state index in [1.165, 1.54) is 25.1 Å². The number of anilines is 2. The van der Waals surface area contributed by atoms with Crippen LogP contribution in [-0.2, 0) is 0 Å². The lowest BCUT2D eigenvalue weighted by atomic mass is 10.0. The van der Waals surface area contributed by atoms with Gasteiger partial charge in [0.15, 0.2) is 0 Å². The number of nitrogens with zero attached hydrogens (tertiary/aromatic N) is 2. The van der Waals surface area contributed by atoms with Crippen molar-refractivity contribution >= 4 is 11.4 Å². The summed E-state index contributed by atoms with van der Waals surface area (Å²) in [6.45, 7) is 8.84. The molecule has 17 heavy (non-hydrogen) atoms. The molecule has 3 nitrogen and oxygen atoms in total. The van der Waals surface area contributed by atoms with Gasteiger partial charge in [-0.05, 0) is 31.7 Å². The van der Waals surface area contributed by atoms with Gasteiger partial charge in [0.05, 0.1) is 23.8 Å². The average Bonchev–Trinajstić information content (AvgIpc) is 2.79. The fraction of sp³-hybridized carbons (Fsp3) is 0.643. The third kappa shape index (κ3) is 2.71. The molecule has 3 heteroatoms. The van der Waals surface area contributed by atoms with Gasteiger partial charge in [-0.3, -0.25) is 4.98 Å². The molecule has 2 rings (SSSR count). The van der Waals surface area contributed by atoms with E-state index in [0.717, 1.165) is 12.2 Å². The van der Waals surface area contributed by atoms with Gasteiger partial charge in [-0.2, -0.15) is 0 Å². The van der Waals surface area contributed by atoms with Gasteiger partial charge >= 0.3 is 0 Å². The Labute approximate surface area is 104 Å². The Kier molecular flexibility index (Phi) is 3.87. The molecule has 1 atom stereocenters. The van der Waals surface area contributed by atoms with Crippen molar-refractivity contribution < 1.29 is 0 Å². The molecule has 1 N–H and O–H groups in total. The van der Waals surface area contributed by atoms with Gasteiger partial charge in [0, 0.05) is 19.1 Å². The summed E-state index contributed by atoms with van der Waals surface area (Å²) >= 11 is 0. The second kappa shape index (κ2) is 5.39. The van der Waals surface area contributed by atoms with Gasteiger partial charge in [0.25, 0.3) is 0 Å². The summed E-state index contributed by atoms with van der Waals surface area (Å²) in [6, 6.07) is 2.89. The number of hydrogen-bond acceptors (Lipinski definition) is 3. The van der Waals surface area contributed by atoms with Crippen molar-refractivity contribution in [1.29, 1.82) is 0 Å². The van der Waals surface area contributed by atoms with Gasteiger partial charge in [-0.25, -0.2) is 0 Å². The van der Waals surface area contributed by atoms with E-state index in [1.54, 1.807) is 0 Å². The molecule has 1 aliphatic heterocycles. The Balaban J connectivity index is 2.18. The van der Waals surface area contributed by atoms with Crippen LogP contribution in [0.4, 0.5) is 11.4 Å². The van der Waals surface area contributed by atoms with Crippen molar-refractivity contribution in [2.24, 2.45) is 5.92 Å². The zero-order chi connectivity index (χ0) is 12.3. The fourth-order valence-corrected chi connectivity index (χ4v) is 2.69. The van der Waals surface area contributed by atoms with Crippen LogP contribution < -0.4 is 10.2 Å². The van der Waals surface area contributed by atoms with E-state index in [1.807, 2.05) is 12.4 Å². The van der Waals surface area contributed by atoms with Crippen LogP contribution in [0, 0.1) is 5.92 Å². The van der Waals surface area contributed by atoms with E-state index >= 15 is 0 Å². The summed E-state index contributed by atoms with van der Waals surface area (Å²) in [5.74, 6) is 0.709. The van der Waals surface area contributed by atoms with Crippen molar-refractivity contribution in [3.63, 3.8) is 0 Å². The molecule has 0 amide bonds. The van der Waals surface area contributed by atoms with E-state index in [9.17, 15) is 0 Å². The highest BCUT2D eigenvalue weighted by atomic mass is 15.2. The molecule has 0 saturated carbocycles. The molecular weight excluding hydrogens is 210 g/mol. The van der Waals surface area contributed by atoms with Crippen LogP contribution in [0.2, 0.25) is 0 Å². The smallest absolute Gasteiger partial charge is 0.0576 e. The summed E-state index contributed by atoms with van der Waals surface area (Å²) in [7, 11) is 0. The minimum Gasteiger partial charge on any atom is -0.384 e. The van der Waals surface area contributed by atoms with E-state index in [-0.39, 0.29) is 0 Å². The first-order chi connectivity index (χ1) is 8.22. The molecule has 0 bridgehead atoms. The maximum absolute atomic E-state index is 4.34. The van der Waals surface area contributed by atoms with Gasteiger partial charge in [0.1, 0.15) is 0 Å². The average molecular weight is 233 g/mol. The molecule has 2 heterocycles. The molecule has 1 saturated heterocycles. The zero-order valence-electron chi connectivity index (χ0n) is 11.1. The van der Waals surface area contributed by atoms with Crippen LogP contribution in [0.15, 0.2) is 18.5 Å². The molecule has 1 aliphatic rings. The Morgan fingerprint density at radius 3 is 3.00 bits per heavy atom. The van der Waals surface area contributed by atoms with Crippen molar-refractivity contribution in [2.45, 2.75) is 39.7 Å². The van der Waals surface area contributed by atoms with Crippen molar-refractivity contribution in [2.75, 3.05) is 23.3 Å². The summed E-state index contributed by atoms with van der Waals surface area (Å²) in [6.07, 6.45) is 6.49. The molecular formula is C14H23N3. The van der Waals surface area contributed by atoms with Crippen molar-refractivity contribution in [3.8, 4) is 0 Å². The third-order valence-corrected chi connectivity index (χ3v) is 3.51. The first kappa shape index (κ1) is 12.2. The molecule has 0 aromatic carbocycles. The lowest BCUT2D eigenvalue weighted by molar-refractivity contribution is 0.491. The number of rotatable bonds is 4. The van der Waals surface area contributed by atoms with Crippen LogP contribution in [-0.4, -0.2) is 24.1 Å². The zero-order valence-corrected chi connectivity index (χ0v) is 11.1. The Morgan fingerprint density at radius 2 is 2.29 bits per heavy atom. The topological polar surface area (TPSA) is 28.2 Å². The maximum Gasteiger partial charge on any atom is 0.0576 e. The fourth-order valence-electron chi connectivity index (χ4n) is 2.69. The highest BCUT2D eigenvalue weighted by Crippen LogP contribution is 2.30. The monoisotopic (exact) mass is 233 g/mol. The normalized spacial score (nSPS) is 20.0. The quantitative estimate of drug-likeness (QED) is 0.866. The molecule has 1 unspecified atom stereocenters. The van der Waals surface area contributed by atoms with Crippen LogP contribution in [0.5, 0.6) is 0 Å². The highest BCUT2D eigenvalue weighted by molar-refractivity contribution is 5.56. The molecule has 1 fully saturated rings. The molecule has 94 valence electrons. The minimum atomic E-state index is 0.675. The summed E-state index contributed by atoms with van der Waals surface area (Å²) < 4.78 is 0. The lowest BCUT2D eigenvalue weighted by Crippen LogP contribution is -2.33. The Bertz CT molecular complexity index is 362. The van der Waals surface area contributed by atoms with Gasteiger partial charge in [-0.1, -0.05) is 13.8 Å². The second-order valence-corrected chi connectivity index (χ2v) is 5.11. The third-order valence-electron chi connectivity index (χ3n) is 3.51. The Hall–Kier alpha value is -1.25. The lowest BCUT2D eigenvalue weighted by Gasteiger charge is -2.29. The van der Waals surface area contributed by atoms with Gasteiger partial charge in [-0.15, -0.1) is 0 Å². The molecule has 1 aromatic rings. The van der Waals surface area contributed by atoms with Crippen molar-refractivity contribution in [3.05, 3.63) is 18.5 Å². The first-order valence-corrected chi connectivity index (χ1v) is 6.68. The molecule has 0 radical (unpaired) electrons. The minimum absolute atomic E-state index is 0.675. The van der Waals surface area contributed by atoms with Gasteiger partial charge in [0.2, 0.25) is 0 Å². The van der Waals surface area contributed by atoms with E-state index in [0.29, 0.717) is 12.0 Å². The number of aromatic nitrogens is 1. The summed E-state index contributed by atoms with van der Waals surface area (Å²) in [4.78, 5) is 6.85. The number of hydrogen-bond donors (Lipinski definition) is 1. The number of nitrogens with one attached hydrogen (secondary N) is 1. The van der Waals surface area contributed by atoms with E-state index < -0.39 is 0 Å². The Morgan fingerprint density at radius 1 is 1.47 bits per heavy atom. The van der Waals surface area contributed by atoms with Crippen LogP contribution in [0.25, 0.3) is 0 Å². The molecule has 1 aromatic heterocycles. The maximum atomic E-state index is 4.34. The van der Waals surface area contributed by atoms with Crippen molar-refractivity contribution in [1.82, 2.24) is 4.98 Å². The first-order valence-electron chi connectivity index (χ1n) is 6.68. The van der Waals surface area contributed by atoms with Gasteiger partial charge < -0.3 is 10.2 Å². The van der Waals surface area contributed by atoms with E-state index in [4.69, 9.17) is 0 Å². The summed E-state index contributed by atoms with van der Waals surface area (Å²) in [5.41, 5.74) is 2.39. The predicted molar refractivity (Wildman–Crippen MR) is 73.6 cm³/mol. The SMILES string of the molecule is CCNc1cncc(N2CCCC2C(C)C)c1. The highest BCUT2D eigenvalue weighted by Gasteiger charge is 2.27. The van der Waals surface area contributed by atoms with Crippen LogP contribution in [0.3, 0.4) is 0 Å². The molecule has 0 spiro atoms. The number of pyridine rings is 1. The largest absolute Gasteiger partial charge is 0.384 e. The molecule has 0 aliphatic carbocycles.